The van der Waals surface area contributed by atoms with Gasteiger partial charge in [0, 0.05) is 30.5 Å². The molecule has 19 heavy (non-hydrogen) atoms. The molecular weight excluding hydrogens is 236 g/mol. The van der Waals surface area contributed by atoms with E-state index in [0.29, 0.717) is 6.04 Å². The topological polar surface area (TPSA) is 45.6 Å². The smallest absolute Gasteiger partial charge is 0.0729 e. The molecule has 0 atom stereocenters. The molecule has 2 heterocycles. The molecule has 4 heteroatoms. The predicted octanol–water partition coefficient (Wildman–Crippen LogP) is 3.56. The van der Waals surface area contributed by atoms with Crippen LogP contribution in [-0.2, 0) is 6.54 Å². The highest BCUT2D eigenvalue weighted by molar-refractivity contribution is 5.79. The van der Waals surface area contributed by atoms with E-state index in [0.717, 1.165) is 12.2 Å². The molecule has 3 rings (SSSR count). The maximum Gasteiger partial charge on any atom is 0.0729 e. The van der Waals surface area contributed by atoms with Crippen LogP contribution in [0.5, 0.6) is 0 Å². The molecule has 0 unspecified atom stereocenters. The van der Waals surface area contributed by atoms with Crippen LogP contribution < -0.4 is 5.32 Å². The molecule has 0 saturated heterocycles. The maximum atomic E-state index is 4.32. The Kier molecular flexibility index (Phi) is 2.99. The lowest BCUT2D eigenvalue weighted by atomic mass is 10.1. The zero-order valence-electron chi connectivity index (χ0n) is 11.2. The molecule has 3 aromatic rings. The summed E-state index contributed by atoms with van der Waals surface area (Å²) in [5.41, 5.74) is 3.50. The van der Waals surface area contributed by atoms with E-state index in [4.69, 9.17) is 0 Å². The van der Waals surface area contributed by atoms with Gasteiger partial charge in [0.2, 0.25) is 0 Å². The number of H-pyrrole nitrogens is 1. The largest absolute Gasteiger partial charge is 0.378 e. The van der Waals surface area contributed by atoms with E-state index in [2.05, 4.69) is 53.5 Å². The van der Waals surface area contributed by atoms with Crippen LogP contribution in [0.3, 0.4) is 0 Å². The number of hydrogen-bond acceptors (Lipinski definition) is 2. The van der Waals surface area contributed by atoms with Crippen molar-refractivity contribution in [3.63, 3.8) is 0 Å². The average molecular weight is 254 g/mol. The van der Waals surface area contributed by atoms with Crippen molar-refractivity contribution in [3.8, 4) is 0 Å². The van der Waals surface area contributed by atoms with Crippen LogP contribution in [0.4, 0.5) is 5.69 Å². The van der Waals surface area contributed by atoms with E-state index in [9.17, 15) is 0 Å². The van der Waals surface area contributed by atoms with Gasteiger partial charge in [-0.15, -0.1) is 0 Å². The number of fused-ring (bicyclic) bond motifs is 1. The van der Waals surface area contributed by atoms with E-state index < -0.39 is 0 Å². The first-order chi connectivity index (χ1) is 9.22. The van der Waals surface area contributed by atoms with Gasteiger partial charge in [-0.3, -0.25) is 4.68 Å². The second-order valence-electron chi connectivity index (χ2n) is 5.06. The molecule has 98 valence electrons. The first-order valence-corrected chi connectivity index (χ1v) is 6.56. The Morgan fingerprint density at radius 1 is 1.32 bits per heavy atom. The van der Waals surface area contributed by atoms with Crippen LogP contribution in [0.2, 0.25) is 0 Å². The fraction of sp³-hybridized carbons (Fsp3) is 0.267. The van der Waals surface area contributed by atoms with Crippen LogP contribution >= 0.6 is 0 Å². The standard InChI is InChI=1S/C15H18N4/c1-11(2)19-10-14(9-18-19)17-8-12-3-4-15-13(7-12)5-6-16-15/h3-7,9-11,16-17H,8H2,1-2H3. The summed E-state index contributed by atoms with van der Waals surface area (Å²) in [6.07, 6.45) is 5.88. The number of benzene rings is 1. The van der Waals surface area contributed by atoms with Crippen LogP contribution in [0, 0.1) is 0 Å². The van der Waals surface area contributed by atoms with E-state index in [1.54, 1.807) is 0 Å². The summed E-state index contributed by atoms with van der Waals surface area (Å²) in [4.78, 5) is 3.20. The summed E-state index contributed by atoms with van der Waals surface area (Å²) in [6.45, 7) is 5.05. The van der Waals surface area contributed by atoms with Crippen LogP contribution in [0.25, 0.3) is 10.9 Å². The maximum absolute atomic E-state index is 4.32. The number of rotatable bonds is 4. The van der Waals surface area contributed by atoms with Crippen molar-refractivity contribution in [2.45, 2.75) is 26.4 Å². The van der Waals surface area contributed by atoms with Crippen molar-refractivity contribution in [2.24, 2.45) is 0 Å². The lowest BCUT2D eigenvalue weighted by molar-refractivity contribution is 0.532. The second kappa shape index (κ2) is 4.80. The van der Waals surface area contributed by atoms with Gasteiger partial charge < -0.3 is 10.3 Å². The Hall–Kier alpha value is -2.23. The van der Waals surface area contributed by atoms with Gasteiger partial charge in [-0.2, -0.15) is 5.10 Å². The molecule has 0 aliphatic carbocycles. The van der Waals surface area contributed by atoms with E-state index in [1.807, 2.05) is 23.3 Å². The van der Waals surface area contributed by atoms with Crippen LogP contribution in [0.15, 0.2) is 42.9 Å². The van der Waals surface area contributed by atoms with Gasteiger partial charge in [0.15, 0.2) is 0 Å². The lowest BCUT2D eigenvalue weighted by Crippen LogP contribution is -2.01. The Morgan fingerprint density at radius 3 is 3.00 bits per heavy atom. The third-order valence-electron chi connectivity index (χ3n) is 3.24. The van der Waals surface area contributed by atoms with Crippen molar-refractivity contribution < 1.29 is 0 Å². The lowest BCUT2D eigenvalue weighted by Gasteiger charge is -2.05. The molecule has 1 aromatic carbocycles. The third kappa shape index (κ3) is 2.47. The zero-order chi connectivity index (χ0) is 13.2. The Labute approximate surface area is 112 Å². The summed E-state index contributed by atoms with van der Waals surface area (Å²) >= 11 is 0. The highest BCUT2D eigenvalue weighted by Gasteiger charge is 2.02. The number of nitrogens with zero attached hydrogens (tertiary/aromatic N) is 2. The Balaban J connectivity index is 1.70. The van der Waals surface area contributed by atoms with Crippen molar-refractivity contribution >= 4 is 16.6 Å². The molecule has 0 aliphatic heterocycles. The molecule has 0 radical (unpaired) electrons. The number of anilines is 1. The summed E-state index contributed by atoms with van der Waals surface area (Å²) in [5.74, 6) is 0. The molecule has 0 saturated carbocycles. The summed E-state index contributed by atoms with van der Waals surface area (Å²) < 4.78 is 1.96. The fourth-order valence-corrected chi connectivity index (χ4v) is 2.13. The van der Waals surface area contributed by atoms with Crippen molar-refractivity contribution in [3.05, 3.63) is 48.4 Å². The molecule has 4 nitrogen and oxygen atoms in total. The van der Waals surface area contributed by atoms with E-state index >= 15 is 0 Å². The number of aromatic amines is 1. The fourth-order valence-electron chi connectivity index (χ4n) is 2.13. The summed E-state index contributed by atoms with van der Waals surface area (Å²) in [7, 11) is 0. The number of aromatic nitrogens is 3. The Bertz CT molecular complexity index is 678. The predicted molar refractivity (Wildman–Crippen MR) is 78.2 cm³/mol. The molecule has 2 N–H and O–H groups in total. The van der Waals surface area contributed by atoms with Gasteiger partial charge in [-0.05, 0) is 43.0 Å². The molecule has 2 aromatic heterocycles. The van der Waals surface area contributed by atoms with Crippen molar-refractivity contribution in [1.29, 1.82) is 0 Å². The molecule has 0 aliphatic rings. The van der Waals surface area contributed by atoms with E-state index in [-0.39, 0.29) is 0 Å². The van der Waals surface area contributed by atoms with Crippen LogP contribution in [-0.4, -0.2) is 14.8 Å². The normalized spacial score (nSPS) is 11.3. The first-order valence-electron chi connectivity index (χ1n) is 6.56. The van der Waals surface area contributed by atoms with Gasteiger partial charge in [0.25, 0.3) is 0 Å². The zero-order valence-corrected chi connectivity index (χ0v) is 11.2. The highest BCUT2D eigenvalue weighted by atomic mass is 15.3. The molecule has 0 fully saturated rings. The Morgan fingerprint density at radius 2 is 2.21 bits per heavy atom. The minimum absolute atomic E-state index is 0.395. The first kappa shape index (κ1) is 11.8. The molecule has 0 bridgehead atoms. The molecular formula is C15H18N4. The minimum atomic E-state index is 0.395. The molecule has 0 amide bonds. The third-order valence-corrected chi connectivity index (χ3v) is 3.24. The number of nitrogens with one attached hydrogen (secondary N) is 2. The van der Waals surface area contributed by atoms with Crippen LogP contribution in [0.1, 0.15) is 25.5 Å². The van der Waals surface area contributed by atoms with Gasteiger partial charge in [0.05, 0.1) is 11.9 Å². The second-order valence-corrected chi connectivity index (χ2v) is 5.06. The molecule has 0 spiro atoms. The number of hydrogen-bond donors (Lipinski definition) is 2. The van der Waals surface area contributed by atoms with Crippen molar-refractivity contribution in [1.82, 2.24) is 14.8 Å². The average Bonchev–Trinajstić information content (AvgIpc) is 3.04. The summed E-state index contributed by atoms with van der Waals surface area (Å²) in [6, 6.07) is 8.94. The SMILES string of the molecule is CC(C)n1cc(NCc2ccc3[nH]ccc3c2)cn1. The van der Waals surface area contributed by atoms with Gasteiger partial charge in [-0.25, -0.2) is 0 Å². The minimum Gasteiger partial charge on any atom is -0.378 e. The summed E-state index contributed by atoms with van der Waals surface area (Å²) in [5, 5.41) is 8.97. The van der Waals surface area contributed by atoms with E-state index in [1.165, 1.54) is 16.5 Å². The van der Waals surface area contributed by atoms with Gasteiger partial charge in [0.1, 0.15) is 0 Å². The van der Waals surface area contributed by atoms with Gasteiger partial charge >= 0.3 is 0 Å². The van der Waals surface area contributed by atoms with Gasteiger partial charge in [-0.1, -0.05) is 6.07 Å². The van der Waals surface area contributed by atoms with Crippen molar-refractivity contribution in [2.75, 3.05) is 5.32 Å². The monoisotopic (exact) mass is 254 g/mol. The quantitative estimate of drug-likeness (QED) is 0.747. The highest BCUT2D eigenvalue weighted by Crippen LogP contribution is 2.16.